The minimum atomic E-state index is -0.499. The van der Waals surface area contributed by atoms with E-state index >= 15 is 0 Å². The highest BCUT2D eigenvalue weighted by Crippen LogP contribution is 2.33. The molecule has 0 saturated heterocycles. The van der Waals surface area contributed by atoms with Crippen molar-refractivity contribution >= 4 is 17.4 Å². The molecule has 0 aliphatic heterocycles. The van der Waals surface area contributed by atoms with Crippen molar-refractivity contribution in [1.82, 2.24) is 0 Å². The van der Waals surface area contributed by atoms with Crippen molar-refractivity contribution in [2.45, 2.75) is 6.92 Å². The Morgan fingerprint density at radius 3 is 2.17 bits per heavy atom. The predicted molar refractivity (Wildman–Crippen MR) is 89.8 cm³/mol. The van der Waals surface area contributed by atoms with Crippen molar-refractivity contribution in [2.75, 3.05) is 0 Å². The van der Waals surface area contributed by atoms with E-state index in [4.69, 9.17) is 0 Å². The van der Waals surface area contributed by atoms with E-state index in [-0.39, 0.29) is 5.13 Å². The number of hydrogen-bond donors (Lipinski definition) is 0. The SMILES string of the molecule is C/C=C/c1ccc(-c2ccc(-c3ccc(F)s3)c(F)c2)c(F)c1. The third kappa shape index (κ3) is 3.22. The van der Waals surface area contributed by atoms with Crippen LogP contribution in [0.2, 0.25) is 0 Å². The molecular weight excluding hydrogens is 317 g/mol. The lowest BCUT2D eigenvalue weighted by atomic mass is 10.0. The van der Waals surface area contributed by atoms with Crippen LogP contribution in [0, 0.1) is 16.8 Å². The van der Waals surface area contributed by atoms with Gasteiger partial charge in [-0.2, -0.15) is 4.39 Å². The van der Waals surface area contributed by atoms with Crippen LogP contribution in [-0.2, 0) is 0 Å². The third-order valence-corrected chi connectivity index (χ3v) is 4.38. The molecular formula is C19H13F3S. The maximum Gasteiger partial charge on any atom is 0.176 e. The van der Waals surface area contributed by atoms with Crippen LogP contribution >= 0.6 is 11.3 Å². The average Bonchev–Trinajstić information content (AvgIpc) is 2.94. The molecule has 3 aromatic rings. The van der Waals surface area contributed by atoms with Crippen molar-refractivity contribution in [3.8, 4) is 21.6 Å². The second-order valence-electron chi connectivity index (χ2n) is 5.04. The molecule has 0 atom stereocenters. The van der Waals surface area contributed by atoms with Gasteiger partial charge in [0, 0.05) is 16.0 Å². The molecule has 23 heavy (non-hydrogen) atoms. The maximum absolute atomic E-state index is 14.3. The summed E-state index contributed by atoms with van der Waals surface area (Å²) in [5, 5.41) is -0.367. The molecule has 0 radical (unpaired) electrons. The zero-order valence-electron chi connectivity index (χ0n) is 12.3. The smallest absolute Gasteiger partial charge is 0.176 e. The van der Waals surface area contributed by atoms with Crippen LogP contribution in [0.5, 0.6) is 0 Å². The van der Waals surface area contributed by atoms with Crippen molar-refractivity contribution < 1.29 is 13.2 Å². The molecule has 0 saturated carbocycles. The summed E-state index contributed by atoms with van der Waals surface area (Å²) in [6, 6.07) is 12.1. The van der Waals surface area contributed by atoms with Gasteiger partial charge in [-0.25, -0.2) is 8.78 Å². The van der Waals surface area contributed by atoms with Gasteiger partial charge in [0.05, 0.1) is 0 Å². The van der Waals surface area contributed by atoms with Gasteiger partial charge in [-0.1, -0.05) is 30.4 Å². The Morgan fingerprint density at radius 2 is 1.57 bits per heavy atom. The van der Waals surface area contributed by atoms with E-state index in [9.17, 15) is 13.2 Å². The van der Waals surface area contributed by atoms with Crippen LogP contribution in [0.15, 0.2) is 54.6 Å². The van der Waals surface area contributed by atoms with Gasteiger partial charge in [0.2, 0.25) is 0 Å². The first-order chi connectivity index (χ1) is 11.1. The van der Waals surface area contributed by atoms with Crippen molar-refractivity contribution in [2.24, 2.45) is 0 Å². The lowest BCUT2D eigenvalue weighted by Gasteiger charge is -2.07. The Hall–Kier alpha value is -2.33. The number of rotatable bonds is 3. The molecule has 2 aromatic carbocycles. The first-order valence-electron chi connectivity index (χ1n) is 7.06. The molecule has 0 bridgehead atoms. The second kappa shape index (κ2) is 6.42. The van der Waals surface area contributed by atoms with Crippen molar-refractivity contribution in [3.05, 3.63) is 76.9 Å². The van der Waals surface area contributed by atoms with Gasteiger partial charge >= 0.3 is 0 Å². The van der Waals surface area contributed by atoms with E-state index in [2.05, 4.69) is 0 Å². The molecule has 0 aliphatic rings. The Morgan fingerprint density at radius 1 is 0.826 bits per heavy atom. The highest BCUT2D eigenvalue weighted by molar-refractivity contribution is 7.13. The fourth-order valence-electron chi connectivity index (χ4n) is 2.40. The topological polar surface area (TPSA) is 0 Å². The average molecular weight is 330 g/mol. The van der Waals surface area contributed by atoms with Crippen molar-refractivity contribution in [1.29, 1.82) is 0 Å². The first kappa shape index (κ1) is 15.6. The standard InChI is InChI=1S/C19H13F3S/c1-2-3-12-4-6-14(16(20)10-12)13-5-7-15(17(21)11-13)18-8-9-19(22)23-18/h2-11H,1H3/b3-2+. The summed E-state index contributed by atoms with van der Waals surface area (Å²) >= 11 is 0.879. The Bertz CT molecular complexity index is 878. The van der Waals surface area contributed by atoms with E-state index in [1.54, 1.807) is 30.3 Å². The second-order valence-corrected chi connectivity index (χ2v) is 6.07. The Kier molecular flexibility index (Phi) is 4.35. The fraction of sp³-hybridized carbons (Fsp3) is 0.0526. The molecule has 0 nitrogen and oxygen atoms in total. The van der Waals surface area contributed by atoms with E-state index < -0.39 is 11.6 Å². The monoisotopic (exact) mass is 330 g/mol. The first-order valence-corrected chi connectivity index (χ1v) is 7.88. The summed E-state index contributed by atoms with van der Waals surface area (Å²) in [5.74, 6) is -0.906. The molecule has 0 spiro atoms. The van der Waals surface area contributed by atoms with E-state index in [0.717, 1.165) is 16.9 Å². The molecule has 0 unspecified atom stereocenters. The summed E-state index contributed by atoms with van der Waals surface area (Å²) < 4.78 is 41.6. The van der Waals surface area contributed by atoms with Gasteiger partial charge in [0.1, 0.15) is 11.6 Å². The lowest BCUT2D eigenvalue weighted by molar-refractivity contribution is 0.626. The summed E-state index contributed by atoms with van der Waals surface area (Å²) in [4.78, 5) is 0.510. The zero-order chi connectivity index (χ0) is 16.4. The Balaban J connectivity index is 2.00. The highest BCUT2D eigenvalue weighted by atomic mass is 32.1. The van der Waals surface area contributed by atoms with E-state index in [1.165, 1.54) is 24.3 Å². The molecule has 0 amide bonds. The number of thiophene rings is 1. The summed E-state index contributed by atoms with van der Waals surface area (Å²) in [6.07, 6.45) is 3.62. The predicted octanol–water partition coefficient (Wildman–Crippen LogP) is 6.53. The van der Waals surface area contributed by atoms with E-state index in [1.807, 2.05) is 13.0 Å². The quantitative estimate of drug-likeness (QED) is 0.512. The largest absolute Gasteiger partial charge is 0.206 e. The zero-order valence-corrected chi connectivity index (χ0v) is 13.1. The summed E-state index contributed by atoms with van der Waals surface area (Å²) in [6.45, 7) is 1.85. The normalized spacial score (nSPS) is 11.3. The molecule has 1 heterocycles. The van der Waals surface area contributed by atoms with Gasteiger partial charge in [-0.05, 0) is 48.4 Å². The molecule has 4 heteroatoms. The van der Waals surface area contributed by atoms with Crippen LogP contribution in [0.3, 0.4) is 0 Å². The van der Waals surface area contributed by atoms with Crippen LogP contribution in [-0.4, -0.2) is 0 Å². The third-order valence-electron chi connectivity index (χ3n) is 3.47. The Labute approximate surface area is 136 Å². The fourth-order valence-corrected chi connectivity index (χ4v) is 3.16. The number of benzene rings is 2. The van der Waals surface area contributed by atoms with Crippen LogP contribution in [0.1, 0.15) is 12.5 Å². The lowest BCUT2D eigenvalue weighted by Crippen LogP contribution is -1.89. The molecule has 116 valence electrons. The van der Waals surface area contributed by atoms with Crippen LogP contribution in [0.25, 0.3) is 27.6 Å². The van der Waals surface area contributed by atoms with Gasteiger partial charge in [0.25, 0.3) is 0 Å². The number of hydrogen-bond acceptors (Lipinski definition) is 1. The van der Waals surface area contributed by atoms with Crippen molar-refractivity contribution in [3.63, 3.8) is 0 Å². The molecule has 0 aliphatic carbocycles. The molecule has 0 N–H and O–H groups in total. The van der Waals surface area contributed by atoms with Crippen LogP contribution < -0.4 is 0 Å². The summed E-state index contributed by atoms with van der Waals surface area (Å²) in [7, 11) is 0. The molecule has 0 fully saturated rings. The van der Waals surface area contributed by atoms with Gasteiger partial charge < -0.3 is 0 Å². The van der Waals surface area contributed by atoms with Crippen LogP contribution in [0.4, 0.5) is 13.2 Å². The molecule has 3 rings (SSSR count). The highest BCUT2D eigenvalue weighted by Gasteiger charge is 2.12. The van der Waals surface area contributed by atoms with Gasteiger partial charge in [-0.3, -0.25) is 0 Å². The molecule has 1 aromatic heterocycles. The number of allylic oxidation sites excluding steroid dienone is 1. The summed E-state index contributed by atoms with van der Waals surface area (Å²) in [5.41, 5.74) is 1.85. The van der Waals surface area contributed by atoms with Gasteiger partial charge in [-0.15, -0.1) is 11.3 Å². The minimum absolute atomic E-state index is 0.314. The van der Waals surface area contributed by atoms with E-state index in [0.29, 0.717) is 21.6 Å². The minimum Gasteiger partial charge on any atom is -0.206 e. The van der Waals surface area contributed by atoms with Gasteiger partial charge in [0.15, 0.2) is 5.13 Å². The number of halogens is 3. The maximum atomic E-state index is 14.3.